The van der Waals surface area contributed by atoms with Gasteiger partial charge in [-0.3, -0.25) is 4.79 Å². The smallest absolute Gasteiger partial charge is 0.550 e. The third-order valence-corrected chi connectivity index (χ3v) is 2.31. The van der Waals surface area contributed by atoms with Gasteiger partial charge in [-0.25, -0.2) is 0 Å². The van der Waals surface area contributed by atoms with Crippen molar-refractivity contribution in [2.24, 2.45) is 0 Å². The molecule has 0 heterocycles. The zero-order chi connectivity index (χ0) is 12.6. The van der Waals surface area contributed by atoms with Crippen LogP contribution in [-0.2, 0) is 14.3 Å². The summed E-state index contributed by atoms with van der Waals surface area (Å²) in [5.41, 5.74) is -0.583. The number of hydrogen-bond acceptors (Lipinski definition) is 4. The van der Waals surface area contributed by atoms with Gasteiger partial charge in [0.25, 0.3) is 0 Å². The Morgan fingerprint density at radius 3 is 2.24 bits per heavy atom. The van der Waals surface area contributed by atoms with Crippen molar-refractivity contribution < 1.29 is 49.0 Å². The molecule has 5 heteroatoms. The molecule has 0 saturated heterocycles. The molecule has 0 bridgehead atoms. The molecule has 0 fully saturated rings. The molecule has 94 valence electrons. The first-order chi connectivity index (χ1) is 7.37. The van der Waals surface area contributed by atoms with Crippen LogP contribution in [0.15, 0.2) is 0 Å². The molecule has 0 aliphatic carbocycles. The van der Waals surface area contributed by atoms with Crippen molar-refractivity contribution in [3.8, 4) is 0 Å². The number of ether oxygens (including phenoxy) is 1. The number of carbonyl (C=O) groups excluding carboxylic acids is 2. The molecule has 0 radical (unpaired) electrons. The predicted octanol–water partition coefficient (Wildman–Crippen LogP) is -1.58. The Labute approximate surface area is 125 Å². The van der Waals surface area contributed by atoms with E-state index < -0.39 is 24.0 Å². The van der Waals surface area contributed by atoms with E-state index in [1.54, 1.807) is 13.8 Å². The van der Waals surface area contributed by atoms with Crippen LogP contribution in [0, 0.1) is 0 Å². The molecule has 0 aromatic heterocycles. The third kappa shape index (κ3) is 12.2. The van der Waals surface area contributed by atoms with Gasteiger partial charge in [-0.1, -0.05) is 26.2 Å². The van der Waals surface area contributed by atoms with Crippen molar-refractivity contribution in [1.82, 2.24) is 0 Å². The number of carboxylic acids is 1. The fourth-order valence-electron chi connectivity index (χ4n) is 1.49. The molecule has 4 nitrogen and oxygen atoms in total. The topological polar surface area (TPSA) is 66.4 Å². The van der Waals surface area contributed by atoms with Crippen LogP contribution < -0.4 is 34.7 Å². The number of unbranched alkanes of at least 4 members (excludes halogenated alkanes) is 3. The van der Waals surface area contributed by atoms with Crippen molar-refractivity contribution in [2.75, 3.05) is 0 Å². The summed E-state index contributed by atoms with van der Waals surface area (Å²) in [6.45, 7) is 5.73. The molecular weight excluding hydrogens is 231 g/mol. The summed E-state index contributed by atoms with van der Waals surface area (Å²) in [5.74, 6) is -2.12. The van der Waals surface area contributed by atoms with Gasteiger partial charge in [0.15, 0.2) is 0 Å². The first-order valence-corrected chi connectivity index (χ1v) is 5.79. The third-order valence-electron chi connectivity index (χ3n) is 2.31. The number of carboxylic acid groups (broad SMARTS) is 1. The number of carbonyl (C=O) groups is 2. The van der Waals surface area contributed by atoms with E-state index in [2.05, 4.69) is 6.92 Å². The Bertz CT molecular complexity index is 239. The molecule has 0 spiro atoms. The van der Waals surface area contributed by atoms with E-state index in [-0.39, 0.29) is 29.6 Å². The predicted molar refractivity (Wildman–Crippen MR) is 58.6 cm³/mol. The first kappa shape index (κ1) is 19.3. The SMILES string of the molecule is CCCCCCC(C)(C)OC(=O)CC(=O)[O-].[Na+]. The molecule has 0 N–H and O–H groups in total. The zero-order valence-electron chi connectivity index (χ0n) is 11.4. The Morgan fingerprint density at radius 2 is 1.76 bits per heavy atom. The maximum Gasteiger partial charge on any atom is 1.00 e. The number of aliphatic carboxylic acids is 1. The minimum atomic E-state index is -1.40. The minimum absolute atomic E-state index is 0. The van der Waals surface area contributed by atoms with E-state index in [0.29, 0.717) is 0 Å². The summed E-state index contributed by atoms with van der Waals surface area (Å²) >= 11 is 0. The van der Waals surface area contributed by atoms with Gasteiger partial charge in [-0.2, -0.15) is 0 Å². The summed E-state index contributed by atoms with van der Waals surface area (Å²) in [4.78, 5) is 21.3. The summed E-state index contributed by atoms with van der Waals surface area (Å²) < 4.78 is 5.07. The van der Waals surface area contributed by atoms with Gasteiger partial charge in [0, 0.05) is 0 Å². The van der Waals surface area contributed by atoms with Crippen molar-refractivity contribution in [2.45, 2.75) is 64.9 Å². The average molecular weight is 252 g/mol. The first-order valence-electron chi connectivity index (χ1n) is 5.79. The second-order valence-corrected chi connectivity index (χ2v) is 4.59. The Morgan fingerprint density at radius 1 is 1.18 bits per heavy atom. The van der Waals surface area contributed by atoms with E-state index in [0.717, 1.165) is 25.7 Å². The zero-order valence-corrected chi connectivity index (χ0v) is 13.4. The Balaban J connectivity index is 0. The monoisotopic (exact) mass is 252 g/mol. The molecule has 0 unspecified atom stereocenters. The van der Waals surface area contributed by atoms with Crippen LogP contribution in [0.4, 0.5) is 0 Å². The average Bonchev–Trinajstić information content (AvgIpc) is 2.10. The fraction of sp³-hybridized carbons (Fsp3) is 0.833. The second-order valence-electron chi connectivity index (χ2n) is 4.59. The summed E-state index contributed by atoms with van der Waals surface area (Å²) in [6, 6.07) is 0. The Hall–Kier alpha value is -0.0600. The molecule has 0 aromatic carbocycles. The van der Waals surface area contributed by atoms with Crippen LogP contribution in [-0.4, -0.2) is 17.5 Å². The normalized spacial score (nSPS) is 10.5. The van der Waals surface area contributed by atoms with Crippen molar-refractivity contribution in [1.29, 1.82) is 0 Å². The quantitative estimate of drug-likeness (QED) is 0.226. The van der Waals surface area contributed by atoms with Gasteiger partial charge >= 0.3 is 35.5 Å². The minimum Gasteiger partial charge on any atom is -0.550 e. The number of esters is 1. The number of hydrogen-bond donors (Lipinski definition) is 0. The largest absolute Gasteiger partial charge is 1.00 e. The van der Waals surface area contributed by atoms with E-state index in [9.17, 15) is 14.7 Å². The van der Waals surface area contributed by atoms with Crippen LogP contribution >= 0.6 is 0 Å². The van der Waals surface area contributed by atoms with Crippen LogP contribution in [0.1, 0.15) is 59.3 Å². The van der Waals surface area contributed by atoms with Crippen LogP contribution in [0.3, 0.4) is 0 Å². The second kappa shape index (κ2) is 9.92. The number of rotatable bonds is 8. The molecule has 0 aromatic rings. The molecule has 0 rings (SSSR count). The van der Waals surface area contributed by atoms with Crippen molar-refractivity contribution in [3.05, 3.63) is 0 Å². The summed E-state index contributed by atoms with van der Waals surface area (Å²) in [5, 5.41) is 10.2. The molecule has 17 heavy (non-hydrogen) atoms. The van der Waals surface area contributed by atoms with Crippen LogP contribution in [0.25, 0.3) is 0 Å². The van der Waals surface area contributed by atoms with E-state index >= 15 is 0 Å². The van der Waals surface area contributed by atoms with Crippen LogP contribution in [0.2, 0.25) is 0 Å². The van der Waals surface area contributed by atoms with E-state index in [1.807, 2.05) is 0 Å². The standard InChI is InChI=1S/C12H22O4.Na/c1-4-5-6-7-8-12(2,3)16-11(15)9-10(13)14;/h4-9H2,1-3H3,(H,13,14);/q;+1/p-1. The van der Waals surface area contributed by atoms with Gasteiger partial charge in [-0.15, -0.1) is 0 Å². The van der Waals surface area contributed by atoms with Gasteiger partial charge in [-0.05, 0) is 26.7 Å². The fourth-order valence-corrected chi connectivity index (χ4v) is 1.49. The maximum absolute atomic E-state index is 11.1. The summed E-state index contributed by atoms with van der Waals surface area (Å²) in [7, 11) is 0. The molecule has 0 aliphatic rings. The van der Waals surface area contributed by atoms with Crippen LogP contribution in [0.5, 0.6) is 0 Å². The van der Waals surface area contributed by atoms with Crippen molar-refractivity contribution >= 4 is 11.9 Å². The van der Waals surface area contributed by atoms with E-state index in [4.69, 9.17) is 4.74 Å². The van der Waals surface area contributed by atoms with Crippen molar-refractivity contribution in [3.63, 3.8) is 0 Å². The maximum atomic E-state index is 11.1. The van der Waals surface area contributed by atoms with Gasteiger partial charge in [0.2, 0.25) is 0 Å². The van der Waals surface area contributed by atoms with Gasteiger partial charge in [0.05, 0.1) is 12.4 Å². The van der Waals surface area contributed by atoms with Gasteiger partial charge < -0.3 is 14.6 Å². The van der Waals surface area contributed by atoms with E-state index in [1.165, 1.54) is 6.42 Å². The molecule has 0 amide bonds. The molecule has 0 saturated carbocycles. The summed E-state index contributed by atoms with van der Waals surface area (Å²) in [6.07, 6.45) is 4.51. The van der Waals surface area contributed by atoms with Gasteiger partial charge in [0.1, 0.15) is 5.60 Å². The molecular formula is C12H21NaO4. The Kier molecular flexibility index (Phi) is 11.3. The molecule has 0 atom stereocenters. The molecule has 0 aliphatic heterocycles.